The van der Waals surface area contributed by atoms with Crippen LogP contribution in [0.15, 0.2) is 73.3 Å². The number of hydrogen-bond donors (Lipinski definition) is 4. The van der Waals surface area contributed by atoms with Gasteiger partial charge in [0.2, 0.25) is 11.9 Å². The van der Waals surface area contributed by atoms with E-state index < -0.39 is 58.4 Å². The van der Waals surface area contributed by atoms with Crippen molar-refractivity contribution in [3.8, 4) is 36.3 Å². The maximum Gasteiger partial charge on any atom is 0.413 e. The summed E-state index contributed by atoms with van der Waals surface area (Å²) in [7, 11) is 0. The van der Waals surface area contributed by atoms with Crippen molar-refractivity contribution in [1.29, 1.82) is 10.5 Å². The number of nitrogens with zero attached hydrogens (tertiary/aromatic N) is 12. The van der Waals surface area contributed by atoms with Crippen molar-refractivity contribution in [2.24, 2.45) is 10.8 Å². The highest BCUT2D eigenvalue weighted by Gasteiger charge is 2.67. The summed E-state index contributed by atoms with van der Waals surface area (Å²) in [6, 6.07) is 17.6. The van der Waals surface area contributed by atoms with Gasteiger partial charge >= 0.3 is 12.4 Å². The summed E-state index contributed by atoms with van der Waals surface area (Å²) in [4.78, 5) is 17.0. The van der Waals surface area contributed by atoms with Gasteiger partial charge in [0.25, 0.3) is 0 Å². The molecule has 0 saturated heterocycles. The summed E-state index contributed by atoms with van der Waals surface area (Å²) < 4.78 is 114. The number of halogens is 9. The first-order valence-corrected chi connectivity index (χ1v) is 30.8. The Hall–Kier alpha value is -8.37. The van der Waals surface area contributed by atoms with Crippen LogP contribution in [0.25, 0.3) is 21.8 Å². The average molecular weight is 1400 g/mol. The number of anilines is 2. The van der Waals surface area contributed by atoms with E-state index in [4.69, 9.17) is 11.5 Å². The fraction of sp³-hybridized carbons (Fsp3) is 0.441. The molecule has 2 aliphatic rings. The third-order valence-corrected chi connectivity index (χ3v) is 16.5. The lowest BCUT2D eigenvalue weighted by Crippen LogP contribution is -2.35. The number of benzene rings is 2. The molecule has 2 atom stereocenters. The zero-order valence-corrected chi connectivity index (χ0v) is 55.6. The minimum absolute atomic E-state index is 0.0492. The van der Waals surface area contributed by atoms with Gasteiger partial charge in [-0.25, -0.2) is 19.3 Å². The fourth-order valence-electron chi connectivity index (χ4n) is 10.3. The summed E-state index contributed by atoms with van der Waals surface area (Å²) in [6.45, 7) is 23.1. The van der Waals surface area contributed by atoms with Crippen LogP contribution < -0.4 is 10.6 Å². The van der Waals surface area contributed by atoms with Crippen LogP contribution in [-0.4, -0.2) is 96.8 Å². The highest BCUT2D eigenvalue weighted by atomic mass is 127. The molecule has 2 aliphatic carbocycles. The Balaban J connectivity index is 0.000000221. The SMILES string of the molecule is C#CC(C)(C)O.Cc1nc(F)ccc1[C@H](Cc1cc(C#CC(C)(C)O)c2ncc(C#N)c(NCC(C)(C)C)c2c1)c1cn(C2(C(F)(F)F)CC2)nn1.Cc1nc(F)ccc1[C@H](Cc1cc(I)c2ncc(C#N)c(NCC(C)(C)C)c2c1)c1cn(C2(C(F)(F)F)CC2)nn1. The second-order valence-corrected chi connectivity index (χ2v) is 28.2. The lowest BCUT2D eigenvalue weighted by molar-refractivity contribution is -0.183. The van der Waals surface area contributed by atoms with Gasteiger partial charge in [0.15, 0.2) is 11.1 Å². The zero-order chi connectivity index (χ0) is 68.6. The number of rotatable bonds is 14. The number of aromatic nitrogens is 10. The summed E-state index contributed by atoms with van der Waals surface area (Å²) in [5.41, 5.74) is 1.32. The molecule has 25 heteroatoms. The molecule has 0 radical (unpaired) electrons. The number of alkyl halides is 6. The highest BCUT2D eigenvalue weighted by Crippen LogP contribution is 2.56. The predicted molar refractivity (Wildman–Crippen MR) is 345 cm³/mol. The topological polar surface area (TPSA) is 225 Å². The minimum atomic E-state index is -4.49. The van der Waals surface area contributed by atoms with E-state index in [0.717, 1.165) is 29.4 Å². The molecule has 93 heavy (non-hydrogen) atoms. The number of pyridine rings is 4. The molecule has 488 valence electrons. The molecule has 8 aromatic rings. The normalized spacial score (nSPS) is 15.0. The second kappa shape index (κ2) is 26.6. The summed E-state index contributed by atoms with van der Waals surface area (Å²) in [5.74, 6) is 5.49. The lowest BCUT2D eigenvalue weighted by Gasteiger charge is -2.22. The van der Waals surface area contributed by atoms with Crippen LogP contribution >= 0.6 is 22.6 Å². The van der Waals surface area contributed by atoms with Gasteiger partial charge in [-0.2, -0.15) is 45.6 Å². The number of terminal acetylenes is 1. The van der Waals surface area contributed by atoms with E-state index in [0.29, 0.717) is 92.3 Å². The van der Waals surface area contributed by atoms with E-state index in [9.17, 15) is 50.8 Å². The lowest BCUT2D eigenvalue weighted by atomic mass is 9.87. The molecule has 0 spiro atoms. The third-order valence-electron chi connectivity index (χ3n) is 15.6. The number of nitriles is 2. The second-order valence-electron chi connectivity index (χ2n) is 27.0. The van der Waals surface area contributed by atoms with Gasteiger partial charge in [-0.15, -0.1) is 16.6 Å². The Labute approximate surface area is 548 Å². The highest BCUT2D eigenvalue weighted by molar-refractivity contribution is 14.1. The number of nitrogens with one attached hydrogen (secondary N) is 2. The van der Waals surface area contributed by atoms with Gasteiger partial charge in [-0.05, 0) is 172 Å². The first kappa shape index (κ1) is 70.5. The summed E-state index contributed by atoms with van der Waals surface area (Å²) >= 11 is 2.20. The summed E-state index contributed by atoms with van der Waals surface area (Å²) in [5, 5.41) is 63.1. The van der Waals surface area contributed by atoms with Crippen LogP contribution in [0.4, 0.5) is 46.5 Å². The maximum atomic E-state index is 14.1. The summed E-state index contributed by atoms with van der Waals surface area (Å²) in [6.07, 6.45) is 1.81. The molecule has 0 bridgehead atoms. The Morgan fingerprint density at radius 2 is 1.01 bits per heavy atom. The molecule has 2 aromatic carbocycles. The standard InChI is InChI=1S/C34H35F4N7O.C29H28F4IN7.C5H8O/c1-20-24(7-8-28(35)42-20)25(27-18-45(44-43-27)33(11-12-33)34(36,37)38)14-21-13-22(9-10-32(5,6)46)29-26(15-21)30(23(16-39)17-40-29)41-19-31(2,3)4;1-16-19(5-6-24(30)38-16)20(23-14-41(40-39-23)28(7-8-28)29(31,32)33)9-17-10-21-25(37-15-27(2,3)4)18(12-35)13-36-26(21)22(34)11-17;1-4-5(2,3)6/h7-8,13,15,17-18,25,46H,11-12,14,19H2,1-6H3,(H,40,41);5-6,10-11,13-14,20H,7-9,15H2,1-4H3,(H,36,37);1,6H,2-3H3/t25-;20-;/m00./s1. The van der Waals surface area contributed by atoms with Crippen molar-refractivity contribution < 1.29 is 45.3 Å². The van der Waals surface area contributed by atoms with Crippen molar-refractivity contribution in [3.63, 3.8) is 0 Å². The van der Waals surface area contributed by atoms with Crippen LogP contribution in [0.1, 0.15) is 168 Å². The molecular weight excluding hydrogens is 1320 g/mol. The van der Waals surface area contributed by atoms with Crippen LogP contribution in [0.2, 0.25) is 0 Å². The largest absolute Gasteiger partial charge is 0.413 e. The molecule has 2 fully saturated rings. The van der Waals surface area contributed by atoms with Crippen molar-refractivity contribution in [1.82, 2.24) is 49.9 Å². The van der Waals surface area contributed by atoms with E-state index in [1.165, 1.54) is 30.7 Å². The molecule has 0 aliphatic heterocycles. The molecule has 2 saturated carbocycles. The Bertz CT molecular complexity index is 4300. The van der Waals surface area contributed by atoms with Crippen molar-refractivity contribution >= 4 is 55.8 Å². The van der Waals surface area contributed by atoms with Crippen LogP contribution in [0, 0.1) is 87.0 Å². The number of aryl methyl sites for hydroxylation is 2. The van der Waals surface area contributed by atoms with E-state index in [1.807, 2.05) is 18.2 Å². The molecule has 0 unspecified atom stereocenters. The van der Waals surface area contributed by atoms with Crippen molar-refractivity contribution in [3.05, 3.63) is 151 Å². The minimum Gasteiger partial charge on any atom is -0.383 e. The first-order chi connectivity index (χ1) is 43.2. The van der Waals surface area contributed by atoms with Gasteiger partial charge < -0.3 is 20.8 Å². The van der Waals surface area contributed by atoms with Gasteiger partial charge in [0, 0.05) is 63.0 Å². The number of fused-ring (bicyclic) bond motifs is 2. The fourth-order valence-corrected chi connectivity index (χ4v) is 11.2. The van der Waals surface area contributed by atoms with E-state index >= 15 is 0 Å². The first-order valence-electron chi connectivity index (χ1n) is 29.7. The quantitative estimate of drug-likeness (QED) is 0.0344. The van der Waals surface area contributed by atoms with Gasteiger partial charge in [0.1, 0.15) is 23.3 Å². The Morgan fingerprint density at radius 1 is 0.613 bits per heavy atom. The van der Waals surface area contributed by atoms with Crippen molar-refractivity contribution in [2.75, 3.05) is 23.7 Å². The molecule has 6 aromatic heterocycles. The Morgan fingerprint density at radius 3 is 1.37 bits per heavy atom. The van der Waals surface area contributed by atoms with Gasteiger partial charge in [-0.3, -0.25) is 9.97 Å². The van der Waals surface area contributed by atoms with E-state index in [1.54, 1.807) is 65.9 Å². The van der Waals surface area contributed by atoms with Crippen LogP contribution in [-0.2, 0) is 23.9 Å². The van der Waals surface area contributed by atoms with Crippen LogP contribution in [0.5, 0.6) is 0 Å². The van der Waals surface area contributed by atoms with Gasteiger partial charge in [-0.1, -0.05) is 81.9 Å². The Kier molecular flexibility index (Phi) is 20.1. The van der Waals surface area contributed by atoms with Crippen molar-refractivity contribution in [2.45, 2.75) is 168 Å². The number of aliphatic hydroxyl groups is 2. The molecular formula is C68H71F8IN14O2. The number of hydrogen-bond acceptors (Lipinski definition) is 14. The van der Waals surface area contributed by atoms with E-state index in [-0.39, 0.29) is 48.6 Å². The zero-order valence-electron chi connectivity index (χ0n) is 53.5. The predicted octanol–water partition coefficient (Wildman–Crippen LogP) is 14.0. The average Bonchev–Trinajstić information content (AvgIpc) is 1.63. The van der Waals surface area contributed by atoms with E-state index in [2.05, 4.69) is 145 Å². The molecule has 4 N–H and O–H groups in total. The molecule has 6 heterocycles. The molecule has 0 amide bonds. The maximum absolute atomic E-state index is 14.1. The smallest absolute Gasteiger partial charge is 0.383 e. The molecule has 16 nitrogen and oxygen atoms in total. The molecule has 10 rings (SSSR count). The van der Waals surface area contributed by atoms with Gasteiger partial charge in [0.05, 0.1) is 62.9 Å². The van der Waals surface area contributed by atoms with Crippen LogP contribution in [0.3, 0.4) is 0 Å². The monoisotopic (exact) mass is 1390 g/mol. The third kappa shape index (κ3) is 16.7.